The van der Waals surface area contributed by atoms with Crippen LogP contribution in [0.5, 0.6) is 0 Å². The summed E-state index contributed by atoms with van der Waals surface area (Å²) in [4.78, 5) is 13.7. The first-order valence-electron chi connectivity index (χ1n) is 7.05. The topological polar surface area (TPSA) is 58.4 Å². The second kappa shape index (κ2) is 4.85. The molecule has 0 radical (unpaired) electrons. The molecule has 2 atom stereocenters. The van der Waals surface area contributed by atoms with Crippen LogP contribution in [0.25, 0.3) is 0 Å². The van der Waals surface area contributed by atoms with Gasteiger partial charge in [-0.1, -0.05) is 0 Å². The molecule has 1 aromatic rings. The summed E-state index contributed by atoms with van der Waals surface area (Å²) >= 11 is 0. The van der Waals surface area contributed by atoms with Crippen LogP contribution in [0.3, 0.4) is 0 Å². The Hall–Kier alpha value is -1.55. The molecule has 3 rings (SSSR count). The number of benzene rings is 1. The number of anilines is 1. The minimum atomic E-state index is -0.347. The zero-order chi connectivity index (χ0) is 13.4. The number of fused-ring (bicyclic) bond motifs is 2. The van der Waals surface area contributed by atoms with Gasteiger partial charge in [0, 0.05) is 36.4 Å². The Morgan fingerprint density at radius 3 is 2.84 bits per heavy atom. The fourth-order valence-corrected chi connectivity index (χ4v) is 3.30. The Labute approximate surface area is 114 Å². The first-order valence-corrected chi connectivity index (χ1v) is 7.05. The molecule has 3 N–H and O–H groups in total. The van der Waals surface area contributed by atoms with Crippen LogP contribution in [0.1, 0.15) is 35.2 Å². The van der Waals surface area contributed by atoms with Crippen LogP contribution in [-0.2, 0) is 0 Å². The molecule has 0 aromatic heterocycles. The number of carbonyl (C=O) groups is 1. The zero-order valence-corrected chi connectivity index (χ0v) is 11.4. The third-order valence-electron chi connectivity index (χ3n) is 4.36. The van der Waals surface area contributed by atoms with Gasteiger partial charge in [0.1, 0.15) is 0 Å². The summed E-state index contributed by atoms with van der Waals surface area (Å²) in [6.07, 6.45) is 3.80. The predicted molar refractivity (Wildman–Crippen MR) is 76.5 cm³/mol. The van der Waals surface area contributed by atoms with Gasteiger partial charge in [0.15, 0.2) is 0 Å². The lowest BCUT2D eigenvalue weighted by atomic mass is 10.0. The van der Waals surface area contributed by atoms with Crippen molar-refractivity contribution >= 4 is 11.6 Å². The summed E-state index contributed by atoms with van der Waals surface area (Å²) in [6, 6.07) is 7.26. The number of hydrogen-bond acceptors (Lipinski definition) is 3. The third-order valence-corrected chi connectivity index (χ3v) is 4.36. The molecule has 2 saturated heterocycles. The molecule has 4 nitrogen and oxygen atoms in total. The van der Waals surface area contributed by atoms with E-state index in [2.05, 4.69) is 16.3 Å². The summed E-state index contributed by atoms with van der Waals surface area (Å²) < 4.78 is 0. The van der Waals surface area contributed by atoms with Gasteiger partial charge >= 0.3 is 0 Å². The van der Waals surface area contributed by atoms with Gasteiger partial charge in [-0.15, -0.1) is 0 Å². The molecular weight excluding hydrogens is 238 g/mol. The molecule has 4 heteroatoms. The Balaban J connectivity index is 1.82. The average molecular weight is 259 g/mol. The van der Waals surface area contributed by atoms with E-state index in [4.69, 9.17) is 5.73 Å². The van der Waals surface area contributed by atoms with Gasteiger partial charge in [-0.25, -0.2) is 0 Å². The molecule has 2 unspecified atom stereocenters. The van der Waals surface area contributed by atoms with E-state index in [1.54, 1.807) is 0 Å². The lowest BCUT2D eigenvalue weighted by molar-refractivity contribution is 0.1000. The number of carbonyl (C=O) groups excluding carboxylic acids is 1. The van der Waals surface area contributed by atoms with Crippen LogP contribution in [0.2, 0.25) is 0 Å². The highest BCUT2D eigenvalue weighted by Crippen LogP contribution is 2.26. The smallest absolute Gasteiger partial charge is 0.248 e. The Bertz CT molecular complexity index is 500. The maximum Gasteiger partial charge on any atom is 0.248 e. The van der Waals surface area contributed by atoms with Crippen LogP contribution in [-0.4, -0.2) is 31.1 Å². The van der Waals surface area contributed by atoms with Gasteiger partial charge in [-0.05, 0) is 49.9 Å². The van der Waals surface area contributed by atoms with Gasteiger partial charge in [0.2, 0.25) is 5.91 Å². The van der Waals surface area contributed by atoms with E-state index < -0.39 is 0 Å². The molecule has 2 aliphatic heterocycles. The lowest BCUT2D eigenvalue weighted by Gasteiger charge is -2.27. The molecule has 102 valence electrons. The van der Waals surface area contributed by atoms with Crippen molar-refractivity contribution in [1.82, 2.24) is 5.32 Å². The predicted octanol–water partition coefficient (Wildman–Crippen LogP) is 1.42. The van der Waals surface area contributed by atoms with Crippen molar-refractivity contribution in [2.75, 3.05) is 18.0 Å². The fourth-order valence-electron chi connectivity index (χ4n) is 3.30. The second-order valence-electron chi connectivity index (χ2n) is 5.74. The van der Waals surface area contributed by atoms with Crippen LogP contribution in [0.15, 0.2) is 18.2 Å². The van der Waals surface area contributed by atoms with E-state index in [0.29, 0.717) is 17.6 Å². The Morgan fingerprint density at radius 1 is 1.32 bits per heavy atom. The first-order chi connectivity index (χ1) is 9.13. The van der Waals surface area contributed by atoms with Crippen molar-refractivity contribution in [3.8, 4) is 0 Å². The number of amides is 1. The number of hydrogen-bond donors (Lipinski definition) is 2. The van der Waals surface area contributed by atoms with E-state index in [0.717, 1.165) is 18.7 Å². The highest BCUT2D eigenvalue weighted by molar-refractivity contribution is 5.94. The largest absolute Gasteiger partial charge is 0.370 e. The molecule has 19 heavy (non-hydrogen) atoms. The van der Waals surface area contributed by atoms with Crippen molar-refractivity contribution in [2.24, 2.45) is 5.73 Å². The highest BCUT2D eigenvalue weighted by Gasteiger charge is 2.29. The number of nitrogens with two attached hydrogens (primary N) is 1. The van der Waals surface area contributed by atoms with Crippen molar-refractivity contribution in [3.05, 3.63) is 29.3 Å². The number of primary amides is 1. The zero-order valence-electron chi connectivity index (χ0n) is 11.4. The van der Waals surface area contributed by atoms with Crippen molar-refractivity contribution < 1.29 is 4.79 Å². The molecule has 0 spiro atoms. The molecule has 2 heterocycles. The second-order valence-corrected chi connectivity index (χ2v) is 5.74. The summed E-state index contributed by atoms with van der Waals surface area (Å²) in [5.41, 5.74) is 8.15. The van der Waals surface area contributed by atoms with Gasteiger partial charge < -0.3 is 16.0 Å². The van der Waals surface area contributed by atoms with Crippen LogP contribution >= 0.6 is 0 Å². The van der Waals surface area contributed by atoms with Crippen LogP contribution in [0, 0.1) is 6.92 Å². The van der Waals surface area contributed by atoms with E-state index in [-0.39, 0.29) is 5.91 Å². The first kappa shape index (κ1) is 12.5. The normalized spacial score (nSPS) is 26.3. The molecule has 2 bridgehead atoms. The van der Waals surface area contributed by atoms with Crippen molar-refractivity contribution in [3.63, 3.8) is 0 Å². The quantitative estimate of drug-likeness (QED) is 0.844. The highest BCUT2D eigenvalue weighted by atomic mass is 16.1. The molecule has 2 fully saturated rings. The summed E-state index contributed by atoms with van der Waals surface area (Å²) in [5.74, 6) is -0.347. The summed E-state index contributed by atoms with van der Waals surface area (Å²) in [6.45, 7) is 4.10. The maximum absolute atomic E-state index is 11.3. The Kier molecular flexibility index (Phi) is 3.19. The van der Waals surface area contributed by atoms with Gasteiger partial charge in [-0.2, -0.15) is 0 Å². The molecule has 1 amide bonds. The number of aryl methyl sites for hydroxylation is 1. The lowest BCUT2D eigenvalue weighted by Crippen LogP contribution is -2.35. The van der Waals surface area contributed by atoms with Gasteiger partial charge in [0.25, 0.3) is 0 Å². The minimum absolute atomic E-state index is 0.347. The van der Waals surface area contributed by atoms with Gasteiger partial charge in [-0.3, -0.25) is 4.79 Å². The molecular formula is C15H21N3O. The number of nitrogens with one attached hydrogen (secondary N) is 1. The fraction of sp³-hybridized carbons (Fsp3) is 0.533. The minimum Gasteiger partial charge on any atom is -0.370 e. The van der Waals surface area contributed by atoms with E-state index in [9.17, 15) is 4.79 Å². The molecule has 0 aliphatic carbocycles. The van der Waals surface area contributed by atoms with Crippen LogP contribution < -0.4 is 16.0 Å². The van der Waals surface area contributed by atoms with E-state index >= 15 is 0 Å². The Morgan fingerprint density at radius 2 is 2.11 bits per heavy atom. The number of nitrogens with zero attached hydrogens (tertiary/aromatic N) is 1. The average Bonchev–Trinajstić information content (AvgIpc) is 2.68. The SMILES string of the molecule is Cc1cc(N2CCC3CCC(C2)N3)ccc1C(N)=O. The van der Waals surface area contributed by atoms with Crippen molar-refractivity contribution in [2.45, 2.75) is 38.3 Å². The third kappa shape index (κ3) is 2.45. The molecule has 0 saturated carbocycles. The van der Waals surface area contributed by atoms with Crippen LogP contribution in [0.4, 0.5) is 5.69 Å². The van der Waals surface area contributed by atoms with Crippen molar-refractivity contribution in [1.29, 1.82) is 0 Å². The number of rotatable bonds is 2. The standard InChI is InChI=1S/C15H21N3O/c1-10-8-13(4-5-14(10)15(16)19)18-7-6-11-2-3-12(9-18)17-11/h4-5,8,11-12,17H,2-3,6-7,9H2,1H3,(H2,16,19). The molecule has 1 aromatic carbocycles. The van der Waals surface area contributed by atoms with E-state index in [1.165, 1.54) is 24.9 Å². The van der Waals surface area contributed by atoms with Gasteiger partial charge in [0.05, 0.1) is 0 Å². The maximum atomic E-state index is 11.3. The van der Waals surface area contributed by atoms with E-state index in [1.807, 2.05) is 19.1 Å². The summed E-state index contributed by atoms with van der Waals surface area (Å²) in [7, 11) is 0. The monoisotopic (exact) mass is 259 g/mol. The summed E-state index contributed by atoms with van der Waals surface area (Å²) in [5, 5.41) is 3.68. The molecule has 2 aliphatic rings.